The second-order valence-electron chi connectivity index (χ2n) is 13.1. The van der Waals surface area contributed by atoms with Gasteiger partial charge in [-0.2, -0.15) is 0 Å². The third kappa shape index (κ3) is 5.96. The van der Waals surface area contributed by atoms with Gasteiger partial charge in [-0.3, -0.25) is 14.4 Å². The molecule has 41 heavy (non-hydrogen) atoms. The molecule has 1 heterocycles. The Labute approximate surface area is 258 Å². The first-order chi connectivity index (χ1) is 19.2. The van der Waals surface area contributed by atoms with Gasteiger partial charge in [-0.05, 0) is 76.4 Å². The van der Waals surface area contributed by atoms with E-state index in [-0.39, 0.29) is 34.9 Å². The van der Waals surface area contributed by atoms with Gasteiger partial charge in [0.15, 0.2) is 18.2 Å². The average molecular weight is 684 g/mol. The number of aryl methyl sites for hydroxylation is 1. The average Bonchev–Trinajstić information content (AvgIpc) is 2.83. The van der Waals surface area contributed by atoms with Crippen molar-refractivity contribution in [3.63, 3.8) is 0 Å². The number of amides is 1. The lowest BCUT2D eigenvalue weighted by Crippen LogP contribution is -2.43. The Hall–Kier alpha value is -2.71. The molecule has 0 spiro atoms. The van der Waals surface area contributed by atoms with Crippen LogP contribution in [0.4, 0.5) is 5.69 Å². The van der Waals surface area contributed by atoms with Crippen LogP contribution in [0.25, 0.3) is 0 Å². The van der Waals surface area contributed by atoms with Crippen LogP contribution in [0.2, 0.25) is 0 Å². The molecule has 6 nitrogen and oxygen atoms in total. The van der Waals surface area contributed by atoms with Gasteiger partial charge < -0.3 is 15.0 Å². The molecule has 0 atom stereocenters. The number of Topliss-reactive ketones (excluding diaryl/α,β-unsaturated/α-hetero) is 2. The number of nitrogens with zero attached hydrogens (tertiary/aromatic N) is 1. The fourth-order valence-electron chi connectivity index (χ4n) is 6.48. The van der Waals surface area contributed by atoms with Crippen LogP contribution in [0.5, 0.6) is 5.75 Å². The van der Waals surface area contributed by atoms with Crippen molar-refractivity contribution in [2.24, 2.45) is 10.8 Å². The van der Waals surface area contributed by atoms with Gasteiger partial charge in [0.25, 0.3) is 5.91 Å². The molecule has 5 rings (SSSR count). The summed E-state index contributed by atoms with van der Waals surface area (Å²) >= 11 is 7.27. The van der Waals surface area contributed by atoms with E-state index in [1.54, 1.807) is 0 Å². The maximum Gasteiger partial charge on any atom is 0.262 e. The number of nitrogens with one attached hydrogen (secondary N) is 1. The molecule has 0 saturated carbocycles. The zero-order valence-corrected chi connectivity index (χ0v) is 27.6. The number of hydrogen-bond donors (Lipinski definition) is 1. The molecule has 1 N–H and O–H groups in total. The molecular weight excluding hydrogens is 648 g/mol. The molecule has 0 unspecified atom stereocenters. The van der Waals surface area contributed by atoms with E-state index >= 15 is 0 Å². The van der Waals surface area contributed by atoms with Crippen molar-refractivity contribution in [3.8, 4) is 5.75 Å². The minimum Gasteiger partial charge on any atom is -0.482 e. The third-order valence-corrected chi connectivity index (χ3v) is 9.22. The molecule has 3 aliphatic rings. The van der Waals surface area contributed by atoms with Gasteiger partial charge in [0, 0.05) is 64.1 Å². The number of carbonyl (C=O) groups is 3. The SMILES string of the molecule is Cc1cccc(NC(=O)COc2c(Br)cc(Br)cc2C2C3=C(CC(C)(C)CC3=O)N(C)C3=C2C(=O)CC(C)(C)C3)c1. The van der Waals surface area contributed by atoms with Gasteiger partial charge in [0.1, 0.15) is 5.75 Å². The quantitative estimate of drug-likeness (QED) is 0.347. The fraction of sp³-hybridized carbons (Fsp3) is 0.424. The lowest BCUT2D eigenvalue weighted by molar-refractivity contribution is -0.120. The fourth-order valence-corrected chi connectivity index (χ4v) is 7.85. The van der Waals surface area contributed by atoms with E-state index < -0.39 is 5.92 Å². The number of benzene rings is 2. The topological polar surface area (TPSA) is 75.7 Å². The number of hydrogen-bond acceptors (Lipinski definition) is 5. The zero-order chi connectivity index (χ0) is 29.9. The van der Waals surface area contributed by atoms with Crippen LogP contribution in [0.3, 0.4) is 0 Å². The molecule has 216 valence electrons. The highest BCUT2D eigenvalue weighted by atomic mass is 79.9. The largest absolute Gasteiger partial charge is 0.482 e. The van der Waals surface area contributed by atoms with Gasteiger partial charge in [0.2, 0.25) is 0 Å². The Morgan fingerprint density at radius 2 is 1.54 bits per heavy atom. The number of anilines is 1. The number of carbonyl (C=O) groups excluding carboxylic acids is 3. The molecule has 0 aromatic heterocycles. The summed E-state index contributed by atoms with van der Waals surface area (Å²) in [7, 11) is 1.99. The summed E-state index contributed by atoms with van der Waals surface area (Å²) in [6, 6.07) is 11.4. The molecule has 0 fully saturated rings. The molecule has 0 radical (unpaired) electrons. The predicted octanol–water partition coefficient (Wildman–Crippen LogP) is 7.85. The van der Waals surface area contributed by atoms with E-state index in [4.69, 9.17) is 4.74 Å². The Morgan fingerprint density at radius 3 is 2.10 bits per heavy atom. The van der Waals surface area contributed by atoms with E-state index in [0.717, 1.165) is 34.3 Å². The summed E-state index contributed by atoms with van der Waals surface area (Å²) in [5.41, 5.74) is 5.33. The van der Waals surface area contributed by atoms with Crippen molar-refractivity contribution in [3.05, 3.63) is 79.0 Å². The van der Waals surface area contributed by atoms with E-state index in [9.17, 15) is 14.4 Å². The minimum absolute atomic E-state index is 0.0523. The van der Waals surface area contributed by atoms with Crippen molar-refractivity contribution < 1.29 is 19.1 Å². The summed E-state index contributed by atoms with van der Waals surface area (Å²) in [6.45, 7) is 10.2. The Morgan fingerprint density at radius 1 is 0.951 bits per heavy atom. The van der Waals surface area contributed by atoms with Gasteiger partial charge in [-0.1, -0.05) is 55.8 Å². The van der Waals surface area contributed by atoms with Crippen LogP contribution >= 0.6 is 31.9 Å². The smallest absolute Gasteiger partial charge is 0.262 e. The van der Waals surface area contributed by atoms with Crippen LogP contribution in [0.1, 0.15) is 70.4 Å². The maximum absolute atomic E-state index is 13.9. The van der Waals surface area contributed by atoms with Crippen LogP contribution < -0.4 is 10.1 Å². The first-order valence-electron chi connectivity index (χ1n) is 13.9. The standard InChI is InChI=1S/C33H36Br2N2O4/c1-18-8-7-9-20(10-18)36-27(40)17-41-31-21(11-19(34)12-22(31)35)28-29-23(13-32(2,3)15-25(29)38)37(6)24-14-33(4,5)16-26(39)30(24)28/h7-12,28H,13-17H2,1-6H3,(H,36,40). The number of rotatable bonds is 5. The lowest BCUT2D eigenvalue weighted by Gasteiger charge is -2.48. The number of halogens is 2. The summed E-state index contributed by atoms with van der Waals surface area (Å²) in [5, 5.41) is 2.89. The van der Waals surface area contributed by atoms with E-state index in [1.165, 1.54) is 0 Å². The highest BCUT2D eigenvalue weighted by Crippen LogP contribution is 2.56. The summed E-state index contributed by atoms with van der Waals surface area (Å²) in [5.74, 6) is -0.318. The molecule has 0 bridgehead atoms. The highest BCUT2D eigenvalue weighted by Gasteiger charge is 2.49. The molecule has 2 aromatic carbocycles. The second-order valence-corrected chi connectivity index (χ2v) is 14.9. The van der Waals surface area contributed by atoms with Gasteiger partial charge in [-0.25, -0.2) is 0 Å². The van der Waals surface area contributed by atoms with Crippen LogP contribution in [0.15, 0.2) is 67.9 Å². The van der Waals surface area contributed by atoms with Crippen molar-refractivity contribution in [2.45, 2.75) is 66.2 Å². The summed E-state index contributed by atoms with van der Waals surface area (Å²) in [4.78, 5) is 42.9. The Bertz CT molecular complexity index is 1480. The number of ether oxygens (including phenoxy) is 1. The first-order valence-corrected chi connectivity index (χ1v) is 15.5. The van der Waals surface area contributed by atoms with Crippen molar-refractivity contribution in [2.75, 3.05) is 19.0 Å². The molecule has 2 aromatic rings. The van der Waals surface area contributed by atoms with Crippen molar-refractivity contribution in [1.29, 1.82) is 0 Å². The summed E-state index contributed by atoms with van der Waals surface area (Å²) < 4.78 is 7.64. The third-order valence-electron chi connectivity index (χ3n) is 8.18. The molecule has 0 saturated heterocycles. The normalized spacial score (nSPS) is 20.1. The maximum atomic E-state index is 13.9. The minimum atomic E-state index is -0.577. The number of allylic oxidation sites excluding steroid dienone is 4. The van der Waals surface area contributed by atoms with Crippen LogP contribution in [-0.4, -0.2) is 36.0 Å². The van der Waals surface area contributed by atoms with Crippen molar-refractivity contribution in [1.82, 2.24) is 4.90 Å². The number of ketones is 2. The van der Waals surface area contributed by atoms with E-state index in [0.29, 0.717) is 45.5 Å². The Kier molecular flexibility index (Phi) is 7.88. The highest BCUT2D eigenvalue weighted by molar-refractivity contribution is 9.11. The van der Waals surface area contributed by atoms with Crippen molar-refractivity contribution >= 4 is 55.0 Å². The molecule has 1 aliphatic heterocycles. The second kappa shape index (κ2) is 10.8. The summed E-state index contributed by atoms with van der Waals surface area (Å²) in [6.07, 6.45) is 2.28. The monoisotopic (exact) mass is 682 g/mol. The van der Waals surface area contributed by atoms with Gasteiger partial charge in [-0.15, -0.1) is 0 Å². The molecule has 2 aliphatic carbocycles. The molecule has 8 heteroatoms. The van der Waals surface area contributed by atoms with Crippen LogP contribution in [-0.2, 0) is 14.4 Å². The van der Waals surface area contributed by atoms with Gasteiger partial charge in [0.05, 0.1) is 4.47 Å². The van der Waals surface area contributed by atoms with Gasteiger partial charge >= 0.3 is 0 Å². The van der Waals surface area contributed by atoms with E-state index in [1.807, 2.05) is 50.4 Å². The predicted molar refractivity (Wildman–Crippen MR) is 168 cm³/mol. The molecule has 1 amide bonds. The van der Waals surface area contributed by atoms with Crippen LogP contribution in [0, 0.1) is 17.8 Å². The van der Waals surface area contributed by atoms with E-state index in [2.05, 4.69) is 69.8 Å². The lowest BCUT2D eigenvalue weighted by atomic mass is 9.63. The first kappa shape index (κ1) is 29.8. The Balaban J connectivity index is 1.61. The zero-order valence-electron chi connectivity index (χ0n) is 24.4. The molecular formula is C33H36Br2N2O4.